The maximum atomic E-state index is 10.8. The van der Waals surface area contributed by atoms with E-state index in [0.717, 1.165) is 9.13 Å². The Labute approximate surface area is 115 Å². The first kappa shape index (κ1) is 14.0. The van der Waals surface area contributed by atoms with Gasteiger partial charge >= 0.3 is 5.97 Å². The maximum absolute atomic E-state index is 10.8. The standard InChI is InChI=1S/C13H14INO2/c1-3-8-15(9-13(16)17)10(2)11-4-6-12(14)7-5-11/h1,4-7,10H,8-9H2,2H3,(H,16,17). The van der Waals surface area contributed by atoms with E-state index in [9.17, 15) is 4.79 Å². The minimum absolute atomic E-state index is 0.000787. The average Bonchev–Trinajstić information content (AvgIpc) is 2.28. The topological polar surface area (TPSA) is 40.5 Å². The van der Waals surface area contributed by atoms with E-state index >= 15 is 0 Å². The summed E-state index contributed by atoms with van der Waals surface area (Å²) in [5, 5.41) is 8.84. The van der Waals surface area contributed by atoms with Crippen LogP contribution in [0.5, 0.6) is 0 Å². The van der Waals surface area contributed by atoms with Crippen LogP contribution in [0.1, 0.15) is 18.5 Å². The van der Waals surface area contributed by atoms with Crippen molar-refractivity contribution in [1.82, 2.24) is 4.90 Å². The molecule has 0 aromatic heterocycles. The summed E-state index contributed by atoms with van der Waals surface area (Å²) in [5.41, 5.74) is 1.07. The lowest BCUT2D eigenvalue weighted by Crippen LogP contribution is -2.32. The van der Waals surface area contributed by atoms with Crippen LogP contribution in [-0.4, -0.2) is 29.1 Å². The summed E-state index contributed by atoms with van der Waals surface area (Å²) in [6.07, 6.45) is 5.26. The number of benzene rings is 1. The average molecular weight is 343 g/mol. The van der Waals surface area contributed by atoms with Gasteiger partial charge in [0.25, 0.3) is 0 Å². The molecular formula is C13H14INO2. The molecule has 1 aromatic carbocycles. The quantitative estimate of drug-likeness (QED) is 0.659. The van der Waals surface area contributed by atoms with E-state index < -0.39 is 5.97 Å². The van der Waals surface area contributed by atoms with Crippen LogP contribution in [-0.2, 0) is 4.79 Å². The van der Waals surface area contributed by atoms with Crippen molar-refractivity contribution >= 4 is 28.6 Å². The van der Waals surface area contributed by atoms with Crippen LogP contribution in [0.15, 0.2) is 24.3 Å². The number of hydrogen-bond donors (Lipinski definition) is 1. The van der Waals surface area contributed by atoms with Gasteiger partial charge in [-0.15, -0.1) is 6.42 Å². The number of carbonyl (C=O) groups is 1. The molecule has 0 radical (unpaired) electrons. The van der Waals surface area contributed by atoms with Gasteiger partial charge in [-0.05, 0) is 47.2 Å². The van der Waals surface area contributed by atoms with E-state index in [4.69, 9.17) is 11.5 Å². The van der Waals surface area contributed by atoms with Crippen LogP contribution in [0.2, 0.25) is 0 Å². The molecule has 0 heterocycles. The lowest BCUT2D eigenvalue weighted by molar-refractivity contribution is -0.138. The van der Waals surface area contributed by atoms with Gasteiger partial charge in [0, 0.05) is 9.61 Å². The predicted molar refractivity (Wildman–Crippen MR) is 75.6 cm³/mol. The van der Waals surface area contributed by atoms with Crippen molar-refractivity contribution < 1.29 is 9.90 Å². The lowest BCUT2D eigenvalue weighted by Gasteiger charge is -2.25. The number of carboxylic acid groups (broad SMARTS) is 1. The van der Waals surface area contributed by atoms with Crippen LogP contribution in [0, 0.1) is 15.9 Å². The number of rotatable bonds is 5. The Bertz CT molecular complexity index is 422. The Morgan fingerprint density at radius 2 is 2.12 bits per heavy atom. The fraction of sp³-hybridized carbons (Fsp3) is 0.308. The Balaban J connectivity index is 2.83. The molecule has 1 aromatic rings. The monoisotopic (exact) mass is 343 g/mol. The number of nitrogens with zero attached hydrogens (tertiary/aromatic N) is 1. The third-order valence-corrected chi connectivity index (χ3v) is 3.25. The smallest absolute Gasteiger partial charge is 0.317 e. The van der Waals surface area contributed by atoms with Gasteiger partial charge in [-0.1, -0.05) is 18.1 Å². The molecular weight excluding hydrogens is 329 g/mol. The highest BCUT2D eigenvalue weighted by molar-refractivity contribution is 14.1. The first-order valence-electron chi connectivity index (χ1n) is 5.19. The fourth-order valence-corrected chi connectivity index (χ4v) is 1.93. The van der Waals surface area contributed by atoms with E-state index in [1.165, 1.54) is 0 Å². The SMILES string of the molecule is C#CCN(CC(=O)O)C(C)c1ccc(I)cc1. The number of aliphatic carboxylic acids is 1. The molecule has 0 bridgehead atoms. The van der Waals surface area contributed by atoms with Gasteiger partial charge in [-0.3, -0.25) is 9.69 Å². The normalized spacial score (nSPS) is 12.1. The molecule has 17 heavy (non-hydrogen) atoms. The zero-order chi connectivity index (χ0) is 12.8. The lowest BCUT2D eigenvalue weighted by atomic mass is 10.1. The van der Waals surface area contributed by atoms with Crippen LogP contribution in [0.3, 0.4) is 0 Å². The van der Waals surface area contributed by atoms with Crippen molar-refractivity contribution in [2.75, 3.05) is 13.1 Å². The predicted octanol–water partition coefficient (Wildman–Crippen LogP) is 2.37. The highest BCUT2D eigenvalue weighted by Gasteiger charge is 2.17. The molecule has 0 aliphatic heterocycles. The third-order valence-electron chi connectivity index (χ3n) is 2.53. The van der Waals surface area contributed by atoms with Gasteiger partial charge < -0.3 is 5.11 Å². The largest absolute Gasteiger partial charge is 0.480 e. The first-order chi connectivity index (χ1) is 8.04. The van der Waals surface area contributed by atoms with E-state index in [0.29, 0.717) is 6.54 Å². The third kappa shape index (κ3) is 4.36. The molecule has 1 rings (SSSR count). The second-order valence-electron chi connectivity index (χ2n) is 3.73. The zero-order valence-corrected chi connectivity index (χ0v) is 11.7. The molecule has 1 unspecified atom stereocenters. The zero-order valence-electron chi connectivity index (χ0n) is 9.56. The molecule has 3 nitrogen and oxygen atoms in total. The van der Waals surface area contributed by atoms with Gasteiger partial charge in [-0.25, -0.2) is 0 Å². The molecule has 0 aliphatic carbocycles. The maximum Gasteiger partial charge on any atom is 0.317 e. The summed E-state index contributed by atoms with van der Waals surface area (Å²) in [5.74, 6) is 1.63. The van der Waals surface area contributed by atoms with Gasteiger partial charge in [0.1, 0.15) is 0 Å². The van der Waals surface area contributed by atoms with Crippen LogP contribution in [0.4, 0.5) is 0 Å². The Morgan fingerprint density at radius 3 is 2.59 bits per heavy atom. The first-order valence-corrected chi connectivity index (χ1v) is 6.27. The molecule has 0 fully saturated rings. The summed E-state index contributed by atoms with van der Waals surface area (Å²) in [4.78, 5) is 12.5. The summed E-state index contributed by atoms with van der Waals surface area (Å²) in [6, 6.07) is 8.00. The van der Waals surface area contributed by atoms with Crippen LogP contribution >= 0.6 is 22.6 Å². The minimum atomic E-state index is -0.863. The van der Waals surface area contributed by atoms with Crippen molar-refractivity contribution in [3.05, 3.63) is 33.4 Å². The van der Waals surface area contributed by atoms with Crippen molar-refractivity contribution in [1.29, 1.82) is 0 Å². The molecule has 1 N–H and O–H groups in total. The van der Waals surface area contributed by atoms with Crippen molar-refractivity contribution in [2.45, 2.75) is 13.0 Å². The summed E-state index contributed by atoms with van der Waals surface area (Å²) in [6.45, 7) is 2.25. The summed E-state index contributed by atoms with van der Waals surface area (Å²) in [7, 11) is 0. The number of halogens is 1. The van der Waals surface area contributed by atoms with Crippen molar-refractivity contribution in [3.63, 3.8) is 0 Å². The van der Waals surface area contributed by atoms with Gasteiger partial charge in [-0.2, -0.15) is 0 Å². The fourth-order valence-electron chi connectivity index (χ4n) is 1.57. The molecule has 4 heteroatoms. The number of terminal acetylenes is 1. The molecule has 0 saturated carbocycles. The highest BCUT2D eigenvalue weighted by atomic mass is 127. The molecule has 0 aliphatic rings. The van der Waals surface area contributed by atoms with Gasteiger partial charge in [0.2, 0.25) is 0 Å². The highest BCUT2D eigenvalue weighted by Crippen LogP contribution is 2.20. The second-order valence-corrected chi connectivity index (χ2v) is 4.98. The van der Waals surface area contributed by atoms with E-state index in [-0.39, 0.29) is 12.6 Å². The van der Waals surface area contributed by atoms with Crippen molar-refractivity contribution in [2.24, 2.45) is 0 Å². The number of hydrogen-bond acceptors (Lipinski definition) is 2. The van der Waals surface area contributed by atoms with E-state index in [2.05, 4.69) is 28.5 Å². The Hall–Kier alpha value is -1.06. The molecule has 0 spiro atoms. The van der Waals surface area contributed by atoms with Crippen LogP contribution in [0.25, 0.3) is 0 Å². The Kier molecular flexibility index (Phi) is 5.45. The summed E-state index contributed by atoms with van der Waals surface area (Å²) >= 11 is 2.23. The minimum Gasteiger partial charge on any atom is -0.480 e. The second kappa shape index (κ2) is 6.62. The molecule has 0 amide bonds. The number of carboxylic acids is 1. The molecule has 90 valence electrons. The Morgan fingerprint density at radius 1 is 1.53 bits per heavy atom. The van der Waals surface area contributed by atoms with Gasteiger partial charge in [0.05, 0.1) is 13.1 Å². The van der Waals surface area contributed by atoms with E-state index in [1.807, 2.05) is 31.2 Å². The van der Waals surface area contributed by atoms with Crippen LogP contribution < -0.4 is 0 Å². The molecule has 1 atom stereocenters. The molecule has 0 saturated heterocycles. The summed E-state index contributed by atoms with van der Waals surface area (Å²) < 4.78 is 1.15. The van der Waals surface area contributed by atoms with Gasteiger partial charge in [0.15, 0.2) is 0 Å². The van der Waals surface area contributed by atoms with Crippen molar-refractivity contribution in [3.8, 4) is 12.3 Å². The van der Waals surface area contributed by atoms with E-state index in [1.54, 1.807) is 4.90 Å².